The third-order valence-electron chi connectivity index (χ3n) is 9.57. The summed E-state index contributed by atoms with van der Waals surface area (Å²) in [6, 6.07) is 5.56. The molecule has 1 spiro atoms. The molecule has 2 atom stereocenters. The summed E-state index contributed by atoms with van der Waals surface area (Å²) in [5, 5.41) is 18.5. The molecule has 46 heavy (non-hydrogen) atoms. The molecule has 8 rings (SSSR count). The highest BCUT2D eigenvalue weighted by Crippen LogP contribution is 2.50. The third kappa shape index (κ3) is 4.14. The summed E-state index contributed by atoms with van der Waals surface area (Å²) in [5.74, 6) is 0.706. The molecule has 2 N–H and O–H groups in total. The first kappa shape index (κ1) is 29.1. The predicted molar refractivity (Wildman–Crippen MR) is 163 cm³/mol. The van der Waals surface area contributed by atoms with Crippen LogP contribution >= 0.6 is 11.6 Å². The number of rotatable bonds is 2. The van der Waals surface area contributed by atoms with Crippen molar-refractivity contribution in [3.05, 3.63) is 59.3 Å². The first-order valence-electron chi connectivity index (χ1n) is 14.9. The molecule has 3 aliphatic rings. The largest absolute Gasteiger partial charge is 0.417 e. The van der Waals surface area contributed by atoms with E-state index >= 15 is 0 Å². The van der Waals surface area contributed by atoms with E-state index in [1.54, 1.807) is 24.1 Å². The van der Waals surface area contributed by atoms with Gasteiger partial charge in [-0.05, 0) is 36.6 Å². The molecule has 1 amide bonds. The van der Waals surface area contributed by atoms with Crippen LogP contribution in [0.1, 0.15) is 17.5 Å². The second-order valence-corrected chi connectivity index (χ2v) is 12.4. The molecule has 240 valence electrons. The molecular weight excluding hydrogens is 627 g/mol. The molecule has 2 saturated heterocycles. The summed E-state index contributed by atoms with van der Waals surface area (Å²) < 4.78 is 53.1. The van der Waals surface area contributed by atoms with Crippen molar-refractivity contribution in [1.29, 1.82) is 0 Å². The van der Waals surface area contributed by atoms with Crippen molar-refractivity contribution in [3.63, 3.8) is 0 Å². The van der Waals surface area contributed by atoms with Crippen molar-refractivity contribution < 1.29 is 27.8 Å². The molecule has 0 bridgehead atoms. The van der Waals surface area contributed by atoms with E-state index < -0.39 is 29.4 Å². The predicted octanol–water partition coefficient (Wildman–Crippen LogP) is 4.05. The smallest absolute Gasteiger partial charge is 0.394 e. The number of imidazole rings is 1. The molecule has 5 aromatic rings. The van der Waals surface area contributed by atoms with Gasteiger partial charge in [0.1, 0.15) is 16.9 Å². The number of pyridine rings is 1. The van der Waals surface area contributed by atoms with Gasteiger partial charge in [-0.2, -0.15) is 17.9 Å². The molecule has 0 radical (unpaired) electrons. The lowest BCUT2D eigenvalue weighted by molar-refractivity contribution is -0.137. The van der Waals surface area contributed by atoms with E-state index in [9.17, 15) is 23.1 Å². The van der Waals surface area contributed by atoms with Gasteiger partial charge in [0.15, 0.2) is 5.15 Å². The average molecular weight is 656 g/mol. The van der Waals surface area contributed by atoms with Crippen LogP contribution in [-0.2, 0) is 17.3 Å². The lowest BCUT2D eigenvalue weighted by Gasteiger charge is -2.60. The minimum atomic E-state index is -4.62. The van der Waals surface area contributed by atoms with Crippen LogP contribution in [0.5, 0.6) is 0 Å². The number of nitrogens with one attached hydrogen (secondary N) is 1. The van der Waals surface area contributed by atoms with Crippen molar-refractivity contribution in [2.75, 3.05) is 56.3 Å². The number of likely N-dealkylation sites (N-methyl/N-ethyl adjacent to an activating group) is 1. The second-order valence-electron chi connectivity index (χ2n) is 12.0. The molecule has 0 aliphatic carbocycles. The number of hydrogen-bond donors (Lipinski definition) is 2. The summed E-state index contributed by atoms with van der Waals surface area (Å²) in [6.07, 6.45) is 1.10. The van der Waals surface area contributed by atoms with Gasteiger partial charge in [0.2, 0.25) is 0 Å². The number of benzene rings is 1. The number of carbonyl (C=O) groups excluding carboxylic acids is 1. The minimum Gasteiger partial charge on any atom is -0.394 e. The lowest BCUT2D eigenvalue weighted by Crippen LogP contribution is -2.80. The van der Waals surface area contributed by atoms with Gasteiger partial charge in [0, 0.05) is 50.6 Å². The highest BCUT2D eigenvalue weighted by Gasteiger charge is 2.59. The van der Waals surface area contributed by atoms with Gasteiger partial charge < -0.3 is 33.9 Å². The molecule has 16 heteroatoms. The number of ether oxygens (including phenoxy) is 1. The van der Waals surface area contributed by atoms with Crippen LogP contribution in [-0.4, -0.2) is 103 Å². The normalized spacial score (nSPS) is 21.8. The summed E-state index contributed by atoms with van der Waals surface area (Å²) in [4.78, 5) is 26.4. The van der Waals surface area contributed by atoms with Crippen LogP contribution < -0.4 is 9.80 Å². The summed E-state index contributed by atoms with van der Waals surface area (Å²) in [6.45, 7) is 1.48. The van der Waals surface area contributed by atoms with Gasteiger partial charge in [-0.15, -0.1) is 5.10 Å². The highest BCUT2D eigenvalue weighted by molar-refractivity contribution is 6.29. The van der Waals surface area contributed by atoms with E-state index in [-0.39, 0.29) is 23.9 Å². The first-order chi connectivity index (χ1) is 22.1. The zero-order chi connectivity index (χ0) is 32.0. The zero-order valence-electron chi connectivity index (χ0n) is 24.6. The van der Waals surface area contributed by atoms with Gasteiger partial charge in [0.25, 0.3) is 0 Å². The number of fused-ring (bicyclic) bond motifs is 4. The molecule has 2 unspecified atom stereocenters. The van der Waals surface area contributed by atoms with E-state index in [1.807, 2.05) is 26.5 Å². The summed E-state index contributed by atoms with van der Waals surface area (Å²) >= 11 is 5.95. The number of aromatic nitrogens is 6. The fourth-order valence-corrected chi connectivity index (χ4v) is 7.62. The standard InChI is InChI=1S/C30H29ClF3N9O3/c1-39-8-5-17-10-23(41-14-29(21(41)13-44)15-46-9-3-7-42(29)28(45)43-12-22(31)37-38-43)40-6-2-4-18(26(17)40)24-19(30(32,33)34)11-20-25(27(24)39)36-16-35-20/h2,4,6,10-12,16,21,44H,3,5,7-9,13-15H2,1H3,(H,35,36). The summed E-state index contributed by atoms with van der Waals surface area (Å²) in [7, 11) is 1.79. The van der Waals surface area contributed by atoms with Gasteiger partial charge in [-0.1, -0.05) is 22.9 Å². The Bertz CT molecular complexity index is 2010. The Balaban J connectivity index is 1.27. The van der Waals surface area contributed by atoms with Gasteiger partial charge >= 0.3 is 12.2 Å². The van der Waals surface area contributed by atoms with Crippen LogP contribution in [0.25, 0.3) is 27.7 Å². The Morgan fingerprint density at radius 3 is 2.89 bits per heavy atom. The van der Waals surface area contributed by atoms with E-state index in [1.165, 1.54) is 12.5 Å². The maximum absolute atomic E-state index is 14.7. The number of hydrogen-bond acceptors (Lipinski definition) is 8. The Hall–Kier alpha value is -4.34. The third-order valence-corrected chi connectivity index (χ3v) is 9.74. The molecule has 4 aromatic heterocycles. The number of aromatic amines is 1. The lowest BCUT2D eigenvalue weighted by atomic mass is 9.79. The Kier molecular flexibility index (Phi) is 6.54. The molecule has 1 aromatic carbocycles. The number of H-pyrrole nitrogens is 1. The maximum Gasteiger partial charge on any atom is 0.417 e. The van der Waals surface area contributed by atoms with Gasteiger partial charge in [-0.3, -0.25) is 0 Å². The van der Waals surface area contributed by atoms with Crippen molar-refractivity contribution in [2.45, 2.75) is 30.6 Å². The quantitative estimate of drug-likeness (QED) is 0.293. The van der Waals surface area contributed by atoms with Gasteiger partial charge in [-0.25, -0.2) is 9.78 Å². The Morgan fingerprint density at radius 2 is 2.13 bits per heavy atom. The number of carbonyl (C=O) groups is 1. The van der Waals surface area contributed by atoms with Crippen molar-refractivity contribution in [3.8, 4) is 11.1 Å². The molecular formula is C30H29ClF3N9O3. The number of anilines is 2. The van der Waals surface area contributed by atoms with E-state index in [0.29, 0.717) is 72.7 Å². The molecule has 3 aliphatic heterocycles. The van der Waals surface area contributed by atoms with Crippen LogP contribution in [0.15, 0.2) is 43.0 Å². The van der Waals surface area contributed by atoms with E-state index in [2.05, 4.69) is 20.3 Å². The van der Waals surface area contributed by atoms with Crippen molar-refractivity contribution in [2.24, 2.45) is 0 Å². The number of aliphatic hydroxyl groups excluding tert-OH is 1. The summed E-state index contributed by atoms with van der Waals surface area (Å²) in [5.41, 5.74) is 1.62. The van der Waals surface area contributed by atoms with Crippen LogP contribution in [0.3, 0.4) is 0 Å². The van der Waals surface area contributed by atoms with E-state index in [0.717, 1.165) is 16.3 Å². The van der Waals surface area contributed by atoms with Crippen molar-refractivity contribution in [1.82, 2.24) is 34.3 Å². The SMILES string of the molecule is CN1CCc2cc(N3CC4(COCCCN4C(=O)n4cc(Cl)nn4)C3CO)n3cccc(c23)-c2c(C(F)(F)F)cc3[nH]cnc3c21. The van der Waals surface area contributed by atoms with E-state index in [4.69, 9.17) is 16.3 Å². The van der Waals surface area contributed by atoms with Crippen molar-refractivity contribution >= 4 is 45.7 Å². The highest BCUT2D eigenvalue weighted by atomic mass is 35.5. The number of nitrogens with zero attached hydrogens (tertiary/aromatic N) is 8. The topological polar surface area (TPSA) is 120 Å². The maximum atomic E-state index is 14.7. The monoisotopic (exact) mass is 655 g/mol. The van der Waals surface area contributed by atoms with Crippen LogP contribution in [0, 0.1) is 0 Å². The van der Waals surface area contributed by atoms with Gasteiger partial charge in [0.05, 0.1) is 54.1 Å². The molecule has 7 heterocycles. The molecule has 0 saturated carbocycles. The first-order valence-corrected chi connectivity index (χ1v) is 15.3. The number of halogens is 4. The number of aliphatic hydroxyl groups is 1. The fraction of sp³-hybridized carbons (Fsp3) is 0.400. The van der Waals surface area contributed by atoms with Crippen LogP contribution in [0.2, 0.25) is 5.15 Å². The molecule has 2 fully saturated rings. The molecule has 12 nitrogen and oxygen atoms in total. The number of amides is 1. The Morgan fingerprint density at radius 1 is 1.28 bits per heavy atom. The Labute approximate surface area is 264 Å². The average Bonchev–Trinajstić information content (AvgIpc) is 3.71. The second kappa shape index (κ2) is 10.3. The zero-order valence-corrected chi connectivity index (χ0v) is 25.4. The van der Waals surface area contributed by atoms with Crippen LogP contribution in [0.4, 0.5) is 29.5 Å². The minimum absolute atomic E-state index is 0.0741. The number of alkyl halides is 3. The fourth-order valence-electron chi connectivity index (χ4n) is 7.49.